The van der Waals surface area contributed by atoms with Gasteiger partial charge < -0.3 is 5.32 Å². The lowest BCUT2D eigenvalue weighted by molar-refractivity contribution is 0.556. The van der Waals surface area contributed by atoms with E-state index in [-0.39, 0.29) is 11.9 Å². The minimum absolute atomic E-state index is 0.127. The summed E-state index contributed by atoms with van der Waals surface area (Å²) in [6.45, 7) is 6.90. The van der Waals surface area contributed by atoms with Gasteiger partial charge in [-0.1, -0.05) is 31.5 Å². The fourth-order valence-corrected chi connectivity index (χ4v) is 2.49. The highest BCUT2D eigenvalue weighted by atomic mass is 19.1. The molecule has 0 radical (unpaired) electrons. The molecule has 0 aliphatic rings. The van der Waals surface area contributed by atoms with Crippen LogP contribution in [0.2, 0.25) is 0 Å². The van der Waals surface area contributed by atoms with E-state index in [0.717, 1.165) is 29.7 Å². The van der Waals surface area contributed by atoms with Gasteiger partial charge in [-0.25, -0.2) is 4.39 Å². The molecule has 0 saturated carbocycles. The van der Waals surface area contributed by atoms with Crippen molar-refractivity contribution in [2.75, 3.05) is 6.54 Å². The molecule has 2 nitrogen and oxygen atoms in total. The van der Waals surface area contributed by atoms with Crippen LogP contribution in [0.4, 0.5) is 4.39 Å². The smallest absolute Gasteiger partial charge is 0.128 e. The van der Waals surface area contributed by atoms with Crippen LogP contribution in [0.1, 0.15) is 42.1 Å². The molecule has 0 fully saturated rings. The number of nitrogens with zero attached hydrogens (tertiary/aromatic N) is 1. The van der Waals surface area contributed by atoms with Crippen LogP contribution in [0.25, 0.3) is 0 Å². The highest BCUT2D eigenvalue weighted by Gasteiger charge is 2.19. The van der Waals surface area contributed by atoms with Crippen LogP contribution in [-0.4, -0.2) is 11.5 Å². The Kier molecular flexibility index (Phi) is 4.85. The van der Waals surface area contributed by atoms with Crippen LogP contribution >= 0.6 is 0 Å². The van der Waals surface area contributed by atoms with E-state index in [1.807, 2.05) is 32.2 Å². The number of hydrogen-bond acceptors (Lipinski definition) is 2. The quantitative estimate of drug-likeness (QED) is 0.895. The molecule has 1 unspecified atom stereocenters. The maximum atomic E-state index is 14.2. The number of halogens is 1. The third-order valence-electron chi connectivity index (χ3n) is 3.50. The van der Waals surface area contributed by atoms with E-state index in [1.54, 1.807) is 18.3 Å². The standard InChI is InChI=1S/C17H21FN2/c1-4-13-11-19-9-8-14(13)17(20-5-2)15-10-12(3)6-7-16(15)18/h6-11,17,20H,4-5H2,1-3H3. The minimum Gasteiger partial charge on any atom is -0.306 e. The summed E-state index contributed by atoms with van der Waals surface area (Å²) in [7, 11) is 0. The number of hydrogen-bond donors (Lipinski definition) is 1. The van der Waals surface area contributed by atoms with Crippen LogP contribution in [0.3, 0.4) is 0 Å². The van der Waals surface area contributed by atoms with Gasteiger partial charge in [-0.3, -0.25) is 4.98 Å². The van der Waals surface area contributed by atoms with Gasteiger partial charge in [-0.05, 0) is 43.1 Å². The Hall–Kier alpha value is -1.74. The lowest BCUT2D eigenvalue weighted by Crippen LogP contribution is -2.24. The highest BCUT2D eigenvalue weighted by molar-refractivity contribution is 5.38. The first-order valence-corrected chi connectivity index (χ1v) is 7.09. The van der Waals surface area contributed by atoms with Gasteiger partial charge in [0.05, 0.1) is 6.04 Å². The van der Waals surface area contributed by atoms with Crippen molar-refractivity contribution in [1.82, 2.24) is 10.3 Å². The van der Waals surface area contributed by atoms with E-state index in [1.165, 1.54) is 0 Å². The molecular formula is C17H21FN2. The number of benzene rings is 1. The van der Waals surface area contributed by atoms with Crippen molar-refractivity contribution in [1.29, 1.82) is 0 Å². The van der Waals surface area contributed by atoms with Crippen molar-refractivity contribution >= 4 is 0 Å². The van der Waals surface area contributed by atoms with E-state index in [9.17, 15) is 4.39 Å². The van der Waals surface area contributed by atoms with E-state index in [0.29, 0.717) is 5.56 Å². The molecule has 1 heterocycles. The van der Waals surface area contributed by atoms with Gasteiger partial charge in [-0.2, -0.15) is 0 Å². The topological polar surface area (TPSA) is 24.9 Å². The second-order valence-corrected chi connectivity index (χ2v) is 4.94. The van der Waals surface area contributed by atoms with Crippen LogP contribution in [0.15, 0.2) is 36.7 Å². The van der Waals surface area contributed by atoms with Crippen LogP contribution in [0.5, 0.6) is 0 Å². The monoisotopic (exact) mass is 272 g/mol. The Morgan fingerprint density at radius 3 is 2.70 bits per heavy atom. The van der Waals surface area contributed by atoms with Gasteiger partial charge >= 0.3 is 0 Å². The zero-order valence-corrected chi connectivity index (χ0v) is 12.3. The zero-order valence-electron chi connectivity index (χ0n) is 12.3. The van der Waals surface area contributed by atoms with Gasteiger partial charge in [0.15, 0.2) is 0 Å². The summed E-state index contributed by atoms with van der Waals surface area (Å²) in [5.41, 5.74) is 4.03. The fourth-order valence-electron chi connectivity index (χ4n) is 2.49. The Bertz CT molecular complexity index is 581. The van der Waals surface area contributed by atoms with Crippen molar-refractivity contribution in [3.63, 3.8) is 0 Å². The Morgan fingerprint density at radius 2 is 2.00 bits per heavy atom. The Labute approximate surface area is 120 Å². The Balaban J connectivity index is 2.53. The van der Waals surface area contributed by atoms with Crippen molar-refractivity contribution in [3.05, 3.63) is 64.7 Å². The summed E-state index contributed by atoms with van der Waals surface area (Å²) in [4.78, 5) is 4.17. The third-order valence-corrected chi connectivity index (χ3v) is 3.50. The molecule has 0 aliphatic carbocycles. The molecule has 0 amide bonds. The summed E-state index contributed by atoms with van der Waals surface area (Å²) in [5, 5.41) is 3.39. The molecule has 1 aromatic heterocycles. The SMILES string of the molecule is CCNC(c1cc(C)ccc1F)c1ccncc1CC. The minimum atomic E-state index is -0.166. The molecule has 0 bridgehead atoms. The lowest BCUT2D eigenvalue weighted by atomic mass is 9.93. The highest BCUT2D eigenvalue weighted by Crippen LogP contribution is 2.27. The average molecular weight is 272 g/mol. The molecule has 1 atom stereocenters. The van der Waals surface area contributed by atoms with E-state index >= 15 is 0 Å². The normalized spacial score (nSPS) is 12.4. The molecule has 1 N–H and O–H groups in total. The second kappa shape index (κ2) is 6.62. The first-order chi connectivity index (χ1) is 9.67. The van der Waals surface area contributed by atoms with E-state index in [2.05, 4.69) is 17.2 Å². The number of rotatable bonds is 5. The van der Waals surface area contributed by atoms with Crippen molar-refractivity contribution in [2.45, 2.75) is 33.2 Å². The molecule has 1 aromatic carbocycles. The van der Waals surface area contributed by atoms with Gasteiger partial charge in [0, 0.05) is 18.0 Å². The summed E-state index contributed by atoms with van der Waals surface area (Å²) in [6.07, 6.45) is 4.53. The molecule has 20 heavy (non-hydrogen) atoms. The molecule has 0 spiro atoms. The van der Waals surface area contributed by atoms with Crippen molar-refractivity contribution in [2.24, 2.45) is 0 Å². The molecule has 2 rings (SSSR count). The van der Waals surface area contributed by atoms with Crippen molar-refractivity contribution < 1.29 is 4.39 Å². The molecule has 106 valence electrons. The number of aromatic nitrogens is 1. The lowest BCUT2D eigenvalue weighted by Gasteiger charge is -2.22. The summed E-state index contributed by atoms with van der Waals surface area (Å²) in [6, 6.07) is 7.12. The largest absolute Gasteiger partial charge is 0.306 e. The zero-order chi connectivity index (χ0) is 14.5. The van der Waals surface area contributed by atoms with E-state index < -0.39 is 0 Å². The first-order valence-electron chi connectivity index (χ1n) is 7.09. The second-order valence-electron chi connectivity index (χ2n) is 4.94. The van der Waals surface area contributed by atoms with Gasteiger partial charge in [0.1, 0.15) is 5.82 Å². The number of pyridine rings is 1. The van der Waals surface area contributed by atoms with Crippen LogP contribution in [0, 0.1) is 12.7 Å². The predicted octanol–water partition coefficient (Wildman–Crippen LogP) is 3.79. The molecule has 2 aromatic rings. The maximum Gasteiger partial charge on any atom is 0.128 e. The molecule has 3 heteroatoms. The molecular weight excluding hydrogens is 251 g/mol. The first kappa shape index (κ1) is 14.7. The molecule has 0 saturated heterocycles. The summed E-state index contributed by atoms with van der Waals surface area (Å²) < 4.78 is 14.2. The Morgan fingerprint density at radius 1 is 1.20 bits per heavy atom. The fraction of sp³-hybridized carbons (Fsp3) is 0.353. The predicted molar refractivity (Wildman–Crippen MR) is 80.3 cm³/mol. The van der Waals surface area contributed by atoms with Crippen LogP contribution in [-0.2, 0) is 6.42 Å². The van der Waals surface area contributed by atoms with Gasteiger partial charge in [-0.15, -0.1) is 0 Å². The van der Waals surface area contributed by atoms with Crippen LogP contribution < -0.4 is 5.32 Å². The van der Waals surface area contributed by atoms with Gasteiger partial charge in [0.2, 0.25) is 0 Å². The number of nitrogens with one attached hydrogen (secondary N) is 1. The molecule has 0 aliphatic heterocycles. The van der Waals surface area contributed by atoms with Gasteiger partial charge in [0.25, 0.3) is 0 Å². The number of aryl methyl sites for hydroxylation is 2. The average Bonchev–Trinajstić information content (AvgIpc) is 2.47. The summed E-state index contributed by atoms with van der Waals surface area (Å²) in [5.74, 6) is -0.166. The van der Waals surface area contributed by atoms with E-state index in [4.69, 9.17) is 0 Å². The van der Waals surface area contributed by atoms with Crippen molar-refractivity contribution in [3.8, 4) is 0 Å². The maximum absolute atomic E-state index is 14.2. The third kappa shape index (κ3) is 3.05. The summed E-state index contributed by atoms with van der Waals surface area (Å²) >= 11 is 0.